The van der Waals surface area contributed by atoms with Gasteiger partial charge in [0.1, 0.15) is 11.6 Å². The largest absolute Gasteiger partial charge is 0.348 e. The zero-order valence-corrected chi connectivity index (χ0v) is 15.0. The Morgan fingerprint density at radius 2 is 1.50 bits per heavy atom. The summed E-state index contributed by atoms with van der Waals surface area (Å²) >= 11 is 0. The van der Waals surface area contributed by atoms with E-state index in [2.05, 4.69) is 5.32 Å². The summed E-state index contributed by atoms with van der Waals surface area (Å²) in [5.74, 6) is -0.425. The second-order valence-electron chi connectivity index (χ2n) is 6.48. The van der Waals surface area contributed by atoms with Crippen LogP contribution in [-0.2, 0) is 6.54 Å². The van der Waals surface area contributed by atoms with Crippen molar-refractivity contribution in [3.05, 3.63) is 112 Å². The number of Topliss-reactive ketones (excluding diaryl/α,β-unsaturated/α-hetero) is 1. The summed E-state index contributed by atoms with van der Waals surface area (Å²) in [4.78, 5) is 24.9. The Balaban J connectivity index is 1.58. The highest BCUT2D eigenvalue weighted by molar-refractivity contribution is 6.25. The van der Waals surface area contributed by atoms with Gasteiger partial charge in [0.25, 0.3) is 5.91 Å². The number of nitrogens with zero attached hydrogens (tertiary/aromatic N) is 1. The van der Waals surface area contributed by atoms with Gasteiger partial charge in [0.05, 0.1) is 0 Å². The van der Waals surface area contributed by atoms with E-state index in [0.717, 1.165) is 16.7 Å². The Morgan fingerprint density at radius 1 is 0.857 bits per heavy atom. The highest BCUT2D eigenvalue weighted by Gasteiger charge is 2.30. The molecule has 4 heteroatoms. The van der Waals surface area contributed by atoms with Crippen LogP contribution in [0.4, 0.5) is 0 Å². The zero-order valence-electron chi connectivity index (χ0n) is 15.0. The number of ketones is 1. The molecule has 0 heterocycles. The molecule has 28 heavy (non-hydrogen) atoms. The van der Waals surface area contributed by atoms with Crippen molar-refractivity contribution < 1.29 is 9.59 Å². The second kappa shape index (κ2) is 7.34. The fourth-order valence-corrected chi connectivity index (χ4v) is 3.36. The molecule has 0 unspecified atom stereocenters. The number of fused-ring (bicyclic) bond motifs is 1. The molecule has 4 rings (SSSR count). The van der Waals surface area contributed by atoms with Crippen LogP contribution in [0, 0.1) is 11.3 Å². The van der Waals surface area contributed by atoms with Crippen molar-refractivity contribution >= 4 is 17.3 Å². The first-order valence-corrected chi connectivity index (χ1v) is 8.90. The molecule has 1 N–H and O–H groups in total. The lowest BCUT2D eigenvalue weighted by atomic mass is 9.97. The lowest BCUT2D eigenvalue weighted by Crippen LogP contribution is -2.22. The average Bonchev–Trinajstić information content (AvgIpc) is 3.05. The van der Waals surface area contributed by atoms with Gasteiger partial charge in [-0.3, -0.25) is 9.59 Å². The lowest BCUT2D eigenvalue weighted by molar-refractivity contribution is 0.0950. The van der Waals surface area contributed by atoms with Crippen molar-refractivity contribution in [2.24, 2.45) is 0 Å². The normalized spacial score (nSPS) is 12.5. The van der Waals surface area contributed by atoms with Gasteiger partial charge in [-0.2, -0.15) is 5.26 Å². The maximum atomic E-state index is 12.5. The Labute approximate surface area is 162 Å². The maximum absolute atomic E-state index is 12.5. The third kappa shape index (κ3) is 3.10. The number of nitriles is 1. The predicted octanol–water partition coefficient (Wildman–Crippen LogP) is 4.14. The Bertz CT molecular complexity index is 1140. The Morgan fingerprint density at radius 3 is 2.18 bits per heavy atom. The third-order valence-electron chi connectivity index (χ3n) is 4.76. The van der Waals surface area contributed by atoms with Gasteiger partial charge in [0, 0.05) is 23.2 Å². The fourth-order valence-electron chi connectivity index (χ4n) is 3.36. The van der Waals surface area contributed by atoms with E-state index >= 15 is 0 Å². The summed E-state index contributed by atoms with van der Waals surface area (Å²) in [6.07, 6.45) is 0. The average molecular weight is 364 g/mol. The van der Waals surface area contributed by atoms with Crippen LogP contribution >= 0.6 is 0 Å². The molecule has 1 aliphatic rings. The van der Waals surface area contributed by atoms with Crippen LogP contribution in [0.1, 0.15) is 37.4 Å². The van der Waals surface area contributed by atoms with E-state index in [4.69, 9.17) is 0 Å². The van der Waals surface area contributed by atoms with Gasteiger partial charge in [-0.25, -0.2) is 0 Å². The molecule has 1 aliphatic carbocycles. The molecule has 0 atom stereocenters. The van der Waals surface area contributed by atoms with E-state index in [1.165, 1.54) is 0 Å². The number of allylic oxidation sites excluding steroid dienone is 1. The van der Waals surface area contributed by atoms with E-state index in [1.807, 2.05) is 48.5 Å². The maximum Gasteiger partial charge on any atom is 0.251 e. The quantitative estimate of drug-likeness (QED) is 0.756. The molecule has 3 aromatic rings. The van der Waals surface area contributed by atoms with E-state index < -0.39 is 0 Å². The van der Waals surface area contributed by atoms with Gasteiger partial charge in [0.15, 0.2) is 0 Å². The number of amides is 1. The van der Waals surface area contributed by atoms with Crippen molar-refractivity contribution in [3.63, 3.8) is 0 Å². The highest BCUT2D eigenvalue weighted by atomic mass is 16.1. The summed E-state index contributed by atoms with van der Waals surface area (Å²) in [6.45, 7) is 0.451. The van der Waals surface area contributed by atoms with E-state index in [0.29, 0.717) is 23.2 Å². The van der Waals surface area contributed by atoms with Crippen LogP contribution in [-0.4, -0.2) is 11.7 Å². The molecule has 4 nitrogen and oxygen atoms in total. The van der Waals surface area contributed by atoms with Gasteiger partial charge < -0.3 is 5.32 Å². The number of hydrogen-bond acceptors (Lipinski definition) is 3. The minimum absolute atomic E-state index is 0.141. The number of rotatable bonds is 4. The molecule has 0 saturated heterocycles. The van der Waals surface area contributed by atoms with E-state index in [9.17, 15) is 14.9 Å². The smallest absolute Gasteiger partial charge is 0.251 e. The summed E-state index contributed by atoms with van der Waals surface area (Å²) in [5, 5.41) is 12.4. The van der Waals surface area contributed by atoms with E-state index in [-0.39, 0.29) is 17.3 Å². The number of carbonyl (C=O) groups is 2. The van der Waals surface area contributed by atoms with Gasteiger partial charge >= 0.3 is 0 Å². The lowest BCUT2D eigenvalue weighted by Gasteiger charge is -2.08. The van der Waals surface area contributed by atoms with Crippen molar-refractivity contribution in [3.8, 4) is 6.07 Å². The van der Waals surface area contributed by atoms with Gasteiger partial charge in [0.2, 0.25) is 5.78 Å². The Kier molecular flexibility index (Phi) is 4.57. The first-order valence-electron chi connectivity index (χ1n) is 8.90. The SMILES string of the molecule is N#CC1=C(c2ccc(C(=O)NCc3ccccc3)cc2)c2ccccc2C1=O. The zero-order chi connectivity index (χ0) is 19.5. The molecule has 0 spiro atoms. The molecule has 0 radical (unpaired) electrons. The molecule has 134 valence electrons. The van der Waals surface area contributed by atoms with Gasteiger partial charge in [-0.05, 0) is 28.8 Å². The monoisotopic (exact) mass is 364 g/mol. The molecule has 1 amide bonds. The van der Waals surface area contributed by atoms with Crippen molar-refractivity contribution in [2.75, 3.05) is 0 Å². The number of hydrogen-bond donors (Lipinski definition) is 1. The predicted molar refractivity (Wildman–Crippen MR) is 106 cm³/mol. The minimum atomic E-state index is -0.252. The van der Waals surface area contributed by atoms with Crippen LogP contribution in [0.2, 0.25) is 0 Å². The van der Waals surface area contributed by atoms with Gasteiger partial charge in [-0.15, -0.1) is 0 Å². The summed E-state index contributed by atoms with van der Waals surface area (Å²) in [5.41, 5.74) is 4.36. The highest BCUT2D eigenvalue weighted by Crippen LogP contribution is 2.37. The fraction of sp³-hybridized carbons (Fsp3) is 0.0417. The molecule has 3 aromatic carbocycles. The van der Waals surface area contributed by atoms with Crippen LogP contribution in [0.15, 0.2) is 84.4 Å². The topological polar surface area (TPSA) is 70.0 Å². The molecule has 0 aliphatic heterocycles. The third-order valence-corrected chi connectivity index (χ3v) is 4.76. The first kappa shape index (κ1) is 17.4. The van der Waals surface area contributed by atoms with Crippen molar-refractivity contribution in [1.82, 2.24) is 5.32 Å². The second-order valence-corrected chi connectivity index (χ2v) is 6.48. The summed E-state index contributed by atoms with van der Waals surface area (Å²) in [7, 11) is 0. The molecule has 0 saturated carbocycles. The molecular weight excluding hydrogens is 348 g/mol. The summed E-state index contributed by atoms with van der Waals surface area (Å²) < 4.78 is 0. The Hall–Kier alpha value is -3.97. The standard InChI is InChI=1S/C24H16N2O2/c25-14-21-22(19-8-4-5-9-20(19)23(21)27)17-10-12-18(13-11-17)24(28)26-15-16-6-2-1-3-7-16/h1-13H,15H2,(H,26,28). The van der Waals surface area contributed by atoms with Crippen LogP contribution < -0.4 is 5.32 Å². The first-order chi connectivity index (χ1) is 13.7. The number of nitrogens with one attached hydrogen (secondary N) is 1. The molecule has 0 bridgehead atoms. The molecular formula is C24H16N2O2. The van der Waals surface area contributed by atoms with Crippen LogP contribution in [0.3, 0.4) is 0 Å². The number of carbonyl (C=O) groups excluding carboxylic acids is 2. The van der Waals surface area contributed by atoms with Crippen molar-refractivity contribution in [2.45, 2.75) is 6.54 Å². The summed E-state index contributed by atoms with van der Waals surface area (Å²) in [6, 6.07) is 25.9. The van der Waals surface area contributed by atoms with Crippen LogP contribution in [0.25, 0.3) is 5.57 Å². The minimum Gasteiger partial charge on any atom is -0.348 e. The van der Waals surface area contributed by atoms with Crippen molar-refractivity contribution in [1.29, 1.82) is 5.26 Å². The molecule has 0 fully saturated rings. The van der Waals surface area contributed by atoms with Gasteiger partial charge in [-0.1, -0.05) is 66.7 Å². The van der Waals surface area contributed by atoms with Crippen LogP contribution in [0.5, 0.6) is 0 Å². The van der Waals surface area contributed by atoms with E-state index in [1.54, 1.807) is 36.4 Å². The molecule has 0 aromatic heterocycles. The number of benzene rings is 3.